The summed E-state index contributed by atoms with van der Waals surface area (Å²) in [4.78, 5) is 21.1. The highest BCUT2D eigenvalue weighted by atomic mass is 16.2. The van der Waals surface area contributed by atoms with Crippen molar-refractivity contribution in [2.24, 2.45) is 11.8 Å². The molecule has 1 unspecified atom stereocenters. The number of rotatable bonds is 4. The highest BCUT2D eigenvalue weighted by Crippen LogP contribution is 2.20. The molecular formula is C17H28N4O. The van der Waals surface area contributed by atoms with Gasteiger partial charge in [-0.25, -0.2) is 4.98 Å². The molecule has 0 radical (unpaired) electrons. The summed E-state index contributed by atoms with van der Waals surface area (Å²) in [5, 5.41) is 0. The second-order valence-electron chi connectivity index (χ2n) is 7.13. The zero-order valence-corrected chi connectivity index (χ0v) is 13.9. The van der Waals surface area contributed by atoms with Gasteiger partial charge in [-0.15, -0.1) is 0 Å². The number of aryl methyl sites for hydroxylation is 1. The maximum absolute atomic E-state index is 12.4. The van der Waals surface area contributed by atoms with Crippen molar-refractivity contribution in [2.75, 3.05) is 33.2 Å². The molecule has 1 amide bonds. The van der Waals surface area contributed by atoms with E-state index in [-0.39, 0.29) is 5.91 Å². The molecule has 3 rings (SSSR count). The topological polar surface area (TPSA) is 41.4 Å². The van der Waals surface area contributed by atoms with Gasteiger partial charge in [0.05, 0.1) is 6.54 Å². The average Bonchev–Trinajstić information content (AvgIpc) is 2.97. The molecule has 3 heterocycles. The first-order chi connectivity index (χ1) is 10.6. The number of likely N-dealkylation sites (N-methyl/N-ethyl adjacent to an activating group) is 1. The summed E-state index contributed by atoms with van der Waals surface area (Å²) in [7, 11) is 1.95. The van der Waals surface area contributed by atoms with E-state index in [9.17, 15) is 4.79 Å². The predicted octanol–water partition coefficient (Wildman–Crippen LogP) is 1.64. The minimum Gasteiger partial charge on any atom is -0.344 e. The van der Waals surface area contributed by atoms with Gasteiger partial charge in [0.2, 0.25) is 5.91 Å². The van der Waals surface area contributed by atoms with Crippen LogP contribution in [0.5, 0.6) is 0 Å². The monoisotopic (exact) mass is 304 g/mol. The van der Waals surface area contributed by atoms with Gasteiger partial charge in [0, 0.05) is 39.0 Å². The van der Waals surface area contributed by atoms with E-state index in [2.05, 4.69) is 27.6 Å². The number of carbonyl (C=O) groups excluding carboxylic acids is 1. The third-order valence-corrected chi connectivity index (χ3v) is 5.24. The summed E-state index contributed by atoms with van der Waals surface area (Å²) in [6.07, 6.45) is 8.51. The molecule has 1 atom stereocenters. The van der Waals surface area contributed by atoms with Crippen molar-refractivity contribution in [2.45, 2.75) is 39.2 Å². The van der Waals surface area contributed by atoms with Gasteiger partial charge in [-0.2, -0.15) is 0 Å². The maximum Gasteiger partial charge on any atom is 0.236 e. The molecule has 0 bridgehead atoms. The Labute approximate surface area is 133 Å². The Morgan fingerprint density at radius 1 is 1.32 bits per heavy atom. The van der Waals surface area contributed by atoms with Gasteiger partial charge in [-0.05, 0) is 44.2 Å². The van der Waals surface area contributed by atoms with Crippen molar-refractivity contribution in [1.29, 1.82) is 0 Å². The first kappa shape index (κ1) is 15.5. The van der Waals surface area contributed by atoms with Crippen LogP contribution < -0.4 is 0 Å². The summed E-state index contributed by atoms with van der Waals surface area (Å²) in [5.41, 5.74) is 0. The van der Waals surface area contributed by atoms with Crippen molar-refractivity contribution in [3.05, 3.63) is 18.2 Å². The van der Waals surface area contributed by atoms with Gasteiger partial charge in [0.25, 0.3) is 0 Å². The third kappa shape index (κ3) is 3.69. The van der Waals surface area contributed by atoms with Crippen LogP contribution in [0.3, 0.4) is 0 Å². The number of piperidine rings is 1. The number of imidazole rings is 1. The highest BCUT2D eigenvalue weighted by Gasteiger charge is 2.24. The molecule has 5 heteroatoms. The molecule has 5 nitrogen and oxygen atoms in total. The minimum absolute atomic E-state index is 0.267. The summed E-state index contributed by atoms with van der Waals surface area (Å²) >= 11 is 0. The standard InChI is InChI=1S/C17H28N4O/c1-14-3-7-20(8-4-14)13-17(22)19(2)12-15-5-9-21-10-6-18-16(21)11-15/h6,10,14-15H,3-5,7-9,11-13H2,1-2H3. The lowest BCUT2D eigenvalue weighted by Gasteiger charge is -2.32. The van der Waals surface area contributed by atoms with Crippen molar-refractivity contribution < 1.29 is 4.79 Å². The zero-order valence-electron chi connectivity index (χ0n) is 13.9. The predicted molar refractivity (Wildman–Crippen MR) is 86.5 cm³/mol. The fraction of sp³-hybridized carbons (Fsp3) is 0.765. The van der Waals surface area contributed by atoms with E-state index < -0.39 is 0 Å². The molecule has 0 aliphatic carbocycles. The molecule has 1 aromatic heterocycles. The Morgan fingerprint density at radius 2 is 2.09 bits per heavy atom. The third-order valence-electron chi connectivity index (χ3n) is 5.24. The number of nitrogens with zero attached hydrogens (tertiary/aromatic N) is 4. The lowest BCUT2D eigenvalue weighted by molar-refractivity contribution is -0.132. The molecule has 22 heavy (non-hydrogen) atoms. The molecule has 0 spiro atoms. The smallest absolute Gasteiger partial charge is 0.236 e. The lowest BCUT2D eigenvalue weighted by Crippen LogP contribution is -2.43. The fourth-order valence-electron chi connectivity index (χ4n) is 3.59. The quantitative estimate of drug-likeness (QED) is 0.849. The minimum atomic E-state index is 0.267. The van der Waals surface area contributed by atoms with Crippen molar-refractivity contribution in [1.82, 2.24) is 19.4 Å². The Morgan fingerprint density at radius 3 is 2.86 bits per heavy atom. The van der Waals surface area contributed by atoms with Crippen LogP contribution in [0.1, 0.15) is 32.0 Å². The van der Waals surface area contributed by atoms with E-state index in [4.69, 9.17) is 0 Å². The van der Waals surface area contributed by atoms with Crippen LogP contribution in [0.15, 0.2) is 12.4 Å². The van der Waals surface area contributed by atoms with Gasteiger partial charge in [-0.3, -0.25) is 9.69 Å². The van der Waals surface area contributed by atoms with Crippen LogP contribution in [0.4, 0.5) is 0 Å². The normalized spacial score (nSPS) is 23.3. The van der Waals surface area contributed by atoms with Crippen LogP contribution in [0.25, 0.3) is 0 Å². The molecule has 0 N–H and O–H groups in total. The molecule has 2 aliphatic rings. The van der Waals surface area contributed by atoms with Crippen LogP contribution in [-0.4, -0.2) is 58.5 Å². The van der Waals surface area contributed by atoms with Crippen LogP contribution in [0, 0.1) is 11.8 Å². The number of likely N-dealkylation sites (tertiary alicyclic amines) is 1. The Bertz CT molecular complexity index is 505. The average molecular weight is 304 g/mol. The molecule has 1 aromatic rings. The summed E-state index contributed by atoms with van der Waals surface area (Å²) in [6.45, 7) is 6.92. The van der Waals surface area contributed by atoms with Gasteiger partial charge in [0.15, 0.2) is 0 Å². The van der Waals surface area contributed by atoms with E-state index >= 15 is 0 Å². The SMILES string of the molecule is CC1CCN(CC(=O)N(C)CC2CCn3ccnc3C2)CC1. The van der Waals surface area contributed by atoms with Gasteiger partial charge >= 0.3 is 0 Å². The molecular weight excluding hydrogens is 276 g/mol. The van der Waals surface area contributed by atoms with Crippen LogP contribution in [-0.2, 0) is 17.8 Å². The van der Waals surface area contributed by atoms with E-state index in [1.54, 1.807) is 0 Å². The zero-order chi connectivity index (χ0) is 15.5. The highest BCUT2D eigenvalue weighted by molar-refractivity contribution is 5.78. The molecule has 122 valence electrons. The van der Waals surface area contributed by atoms with Crippen molar-refractivity contribution in [3.8, 4) is 0 Å². The first-order valence-corrected chi connectivity index (χ1v) is 8.58. The largest absolute Gasteiger partial charge is 0.344 e. The van der Waals surface area contributed by atoms with E-state index in [1.165, 1.54) is 18.7 Å². The van der Waals surface area contributed by atoms with Crippen molar-refractivity contribution >= 4 is 5.91 Å². The molecule has 0 saturated carbocycles. The first-order valence-electron chi connectivity index (χ1n) is 8.58. The van der Waals surface area contributed by atoms with Gasteiger partial charge in [0.1, 0.15) is 5.82 Å². The molecule has 1 fully saturated rings. The van der Waals surface area contributed by atoms with Gasteiger partial charge < -0.3 is 9.47 Å². The number of hydrogen-bond acceptors (Lipinski definition) is 3. The Kier molecular flexibility index (Phi) is 4.81. The van der Waals surface area contributed by atoms with E-state index in [0.29, 0.717) is 12.5 Å². The van der Waals surface area contributed by atoms with Crippen LogP contribution in [0.2, 0.25) is 0 Å². The maximum atomic E-state index is 12.4. The Hall–Kier alpha value is -1.36. The summed E-state index contributed by atoms with van der Waals surface area (Å²) in [5.74, 6) is 2.80. The summed E-state index contributed by atoms with van der Waals surface area (Å²) < 4.78 is 2.23. The lowest BCUT2D eigenvalue weighted by atomic mass is 9.97. The van der Waals surface area contributed by atoms with E-state index in [1.807, 2.05) is 18.1 Å². The Balaban J connectivity index is 1.45. The number of carbonyl (C=O) groups is 1. The second kappa shape index (κ2) is 6.82. The molecule has 2 aliphatic heterocycles. The second-order valence-corrected chi connectivity index (χ2v) is 7.13. The molecule has 1 saturated heterocycles. The van der Waals surface area contributed by atoms with Crippen molar-refractivity contribution in [3.63, 3.8) is 0 Å². The number of aromatic nitrogens is 2. The fourth-order valence-corrected chi connectivity index (χ4v) is 3.59. The van der Waals surface area contributed by atoms with E-state index in [0.717, 1.165) is 44.9 Å². The summed E-state index contributed by atoms with van der Waals surface area (Å²) in [6, 6.07) is 0. The van der Waals surface area contributed by atoms with Crippen LogP contribution >= 0.6 is 0 Å². The molecule has 0 aromatic carbocycles. The number of amides is 1. The number of hydrogen-bond donors (Lipinski definition) is 0. The van der Waals surface area contributed by atoms with Gasteiger partial charge in [-0.1, -0.05) is 6.92 Å². The number of fused-ring (bicyclic) bond motifs is 1.